The molecule has 0 spiro atoms. The molecule has 0 aliphatic heterocycles. The Kier molecular flexibility index (Phi) is 6.70. The highest BCUT2D eigenvalue weighted by molar-refractivity contribution is 5.91. The Morgan fingerprint density at radius 2 is 1.58 bits per heavy atom. The first kappa shape index (κ1) is 19.4. The van der Waals surface area contributed by atoms with Gasteiger partial charge in [-0.2, -0.15) is 0 Å². The fraction of sp³-hybridized carbons (Fsp3) is 0.389. The van der Waals surface area contributed by atoms with Crippen molar-refractivity contribution in [2.75, 3.05) is 5.73 Å². The first-order chi connectivity index (χ1) is 11.4. The zero-order chi connectivity index (χ0) is 18.3. The summed E-state index contributed by atoms with van der Waals surface area (Å²) in [7, 11) is 0. The van der Waals surface area contributed by atoms with Crippen LogP contribution < -0.4 is 11.5 Å². The van der Waals surface area contributed by atoms with E-state index in [0.717, 1.165) is 16.7 Å². The molecule has 0 aliphatic carbocycles. The lowest BCUT2D eigenvalue weighted by molar-refractivity contribution is 0.306. The van der Waals surface area contributed by atoms with E-state index < -0.39 is 5.41 Å². The number of nitrogens with zero attached hydrogens (tertiary/aromatic N) is 3. The van der Waals surface area contributed by atoms with E-state index in [1.807, 2.05) is 58.9 Å². The first-order valence-electron chi connectivity index (χ1n) is 8.06. The largest absolute Gasteiger partial charge is 0.409 e. The third-order valence-electron chi connectivity index (χ3n) is 4.28. The second kappa shape index (κ2) is 8.29. The van der Waals surface area contributed by atoms with Gasteiger partial charge in [-0.05, 0) is 24.0 Å². The highest BCUT2D eigenvalue weighted by Gasteiger charge is 2.35. The van der Waals surface area contributed by atoms with Crippen LogP contribution in [0.4, 0.5) is 5.95 Å². The van der Waals surface area contributed by atoms with E-state index in [1.54, 1.807) is 12.4 Å². The molecule has 0 aliphatic rings. The monoisotopic (exact) mass is 329 g/mol. The number of oxime groups is 1. The zero-order valence-corrected chi connectivity index (χ0v) is 15.0. The smallest absolute Gasteiger partial charge is 0.219 e. The Labute approximate surface area is 143 Å². The Morgan fingerprint density at radius 3 is 2.00 bits per heavy atom. The van der Waals surface area contributed by atoms with Crippen LogP contribution in [0.15, 0.2) is 41.8 Å². The lowest BCUT2D eigenvalue weighted by atomic mass is 9.72. The summed E-state index contributed by atoms with van der Waals surface area (Å²) >= 11 is 0. The molecule has 0 amide bonds. The third kappa shape index (κ3) is 3.82. The molecule has 0 fully saturated rings. The zero-order valence-electron chi connectivity index (χ0n) is 15.0. The summed E-state index contributed by atoms with van der Waals surface area (Å²) in [5.74, 6) is 0.625. The normalized spacial score (nSPS) is 13.8. The summed E-state index contributed by atoms with van der Waals surface area (Å²) < 4.78 is 0. The summed E-state index contributed by atoms with van der Waals surface area (Å²) in [6, 6.07) is 7.89. The van der Waals surface area contributed by atoms with E-state index in [2.05, 4.69) is 15.1 Å². The summed E-state index contributed by atoms with van der Waals surface area (Å²) in [6.45, 7) is 10.0. The summed E-state index contributed by atoms with van der Waals surface area (Å²) in [5, 5.41) is 12.3. The van der Waals surface area contributed by atoms with Crippen molar-refractivity contribution >= 4 is 11.8 Å². The van der Waals surface area contributed by atoms with Crippen LogP contribution in [0.25, 0.3) is 11.1 Å². The average molecular weight is 329 g/mol. The van der Waals surface area contributed by atoms with Gasteiger partial charge in [0, 0.05) is 18.0 Å². The van der Waals surface area contributed by atoms with Crippen LogP contribution in [-0.4, -0.2) is 21.0 Å². The van der Waals surface area contributed by atoms with Crippen molar-refractivity contribution in [1.82, 2.24) is 9.97 Å². The van der Waals surface area contributed by atoms with Gasteiger partial charge in [0.2, 0.25) is 5.95 Å². The molecule has 2 rings (SSSR count). The number of hydrogen-bond donors (Lipinski definition) is 3. The van der Waals surface area contributed by atoms with Gasteiger partial charge in [0.15, 0.2) is 0 Å². The van der Waals surface area contributed by atoms with Gasteiger partial charge in [-0.1, -0.05) is 57.1 Å². The second-order valence-corrected chi connectivity index (χ2v) is 5.75. The Balaban J connectivity index is 0.00000139. The average Bonchev–Trinajstić information content (AvgIpc) is 2.62. The molecule has 2 aromatic rings. The van der Waals surface area contributed by atoms with Crippen LogP contribution in [0.1, 0.15) is 40.2 Å². The van der Waals surface area contributed by atoms with Gasteiger partial charge in [0.1, 0.15) is 5.84 Å². The van der Waals surface area contributed by atoms with E-state index in [9.17, 15) is 0 Å². The third-order valence-corrected chi connectivity index (χ3v) is 4.28. The number of amidine groups is 1. The summed E-state index contributed by atoms with van der Waals surface area (Å²) in [4.78, 5) is 7.98. The number of rotatable bonds is 4. The number of nitrogen functional groups attached to an aromatic ring is 1. The number of hydrogen-bond acceptors (Lipinski definition) is 5. The van der Waals surface area contributed by atoms with Gasteiger partial charge in [0.05, 0.1) is 5.41 Å². The standard InChI is InChI=1S/C16H21N5O.C2H6/c1-10(2)16(3,14(17)21-22)13-6-4-11(5-7-13)12-8-19-15(18)20-9-12;1-2/h4-10,22H,1-3H3,(H2,17,21)(H2,18,19,20);1-2H3. The number of anilines is 1. The van der Waals surface area contributed by atoms with E-state index in [4.69, 9.17) is 16.7 Å². The maximum atomic E-state index is 9.07. The molecule has 5 N–H and O–H groups in total. The van der Waals surface area contributed by atoms with Crippen molar-refractivity contribution in [1.29, 1.82) is 0 Å². The number of benzene rings is 1. The molecule has 130 valence electrons. The summed E-state index contributed by atoms with van der Waals surface area (Å²) in [5.41, 5.74) is 13.7. The van der Waals surface area contributed by atoms with Crippen molar-refractivity contribution in [3.8, 4) is 11.1 Å². The van der Waals surface area contributed by atoms with E-state index in [0.29, 0.717) is 0 Å². The summed E-state index contributed by atoms with van der Waals surface area (Å²) in [6.07, 6.45) is 3.37. The van der Waals surface area contributed by atoms with Gasteiger partial charge in [-0.15, -0.1) is 0 Å². The number of nitrogens with two attached hydrogens (primary N) is 2. The van der Waals surface area contributed by atoms with Crippen LogP contribution in [0.3, 0.4) is 0 Å². The van der Waals surface area contributed by atoms with E-state index in [-0.39, 0.29) is 17.7 Å². The highest BCUT2D eigenvalue weighted by atomic mass is 16.4. The second-order valence-electron chi connectivity index (χ2n) is 5.75. The molecule has 1 unspecified atom stereocenters. The molecule has 6 nitrogen and oxygen atoms in total. The van der Waals surface area contributed by atoms with E-state index in [1.165, 1.54) is 0 Å². The Morgan fingerprint density at radius 1 is 1.08 bits per heavy atom. The quantitative estimate of drug-likeness (QED) is 0.344. The lowest BCUT2D eigenvalue weighted by Crippen LogP contribution is -2.43. The van der Waals surface area contributed by atoms with Crippen molar-refractivity contribution in [2.45, 2.75) is 40.0 Å². The van der Waals surface area contributed by atoms with Gasteiger partial charge < -0.3 is 16.7 Å². The van der Waals surface area contributed by atoms with Crippen molar-refractivity contribution in [2.24, 2.45) is 16.8 Å². The topological polar surface area (TPSA) is 110 Å². The van der Waals surface area contributed by atoms with Crippen LogP contribution in [0.2, 0.25) is 0 Å². The van der Waals surface area contributed by atoms with E-state index >= 15 is 0 Å². The van der Waals surface area contributed by atoms with Crippen molar-refractivity contribution in [3.63, 3.8) is 0 Å². The van der Waals surface area contributed by atoms with Crippen molar-refractivity contribution in [3.05, 3.63) is 42.2 Å². The van der Waals surface area contributed by atoms with Gasteiger partial charge in [0.25, 0.3) is 0 Å². The molecule has 0 bridgehead atoms. The maximum absolute atomic E-state index is 9.07. The number of aromatic nitrogens is 2. The molecule has 6 heteroatoms. The minimum atomic E-state index is -0.537. The van der Waals surface area contributed by atoms with Gasteiger partial charge >= 0.3 is 0 Å². The molecule has 1 atom stereocenters. The molecule has 1 heterocycles. The van der Waals surface area contributed by atoms with Gasteiger partial charge in [-0.3, -0.25) is 0 Å². The van der Waals surface area contributed by atoms with Crippen LogP contribution in [0, 0.1) is 5.92 Å². The minimum absolute atomic E-state index is 0.175. The van der Waals surface area contributed by atoms with Crippen LogP contribution in [-0.2, 0) is 5.41 Å². The predicted molar refractivity (Wildman–Crippen MR) is 98.8 cm³/mol. The molecule has 24 heavy (non-hydrogen) atoms. The Hall–Kier alpha value is -2.63. The fourth-order valence-electron chi connectivity index (χ4n) is 2.38. The molecule has 0 radical (unpaired) electrons. The highest BCUT2D eigenvalue weighted by Crippen LogP contribution is 2.33. The fourth-order valence-corrected chi connectivity index (χ4v) is 2.38. The maximum Gasteiger partial charge on any atom is 0.219 e. The van der Waals surface area contributed by atoms with Crippen LogP contribution >= 0.6 is 0 Å². The molecule has 1 aromatic carbocycles. The van der Waals surface area contributed by atoms with Crippen LogP contribution in [0.5, 0.6) is 0 Å². The SMILES string of the molecule is CC.CC(C)C(C)(/C(N)=N/O)c1ccc(-c2cnc(N)nc2)cc1. The predicted octanol–water partition coefficient (Wildman–Crippen LogP) is 3.41. The minimum Gasteiger partial charge on any atom is -0.409 e. The molecule has 0 saturated carbocycles. The lowest BCUT2D eigenvalue weighted by Gasteiger charge is -2.33. The molecule has 1 aromatic heterocycles. The molecular formula is C18H27N5O. The molecule has 0 saturated heterocycles. The first-order valence-corrected chi connectivity index (χ1v) is 8.06. The van der Waals surface area contributed by atoms with Crippen molar-refractivity contribution < 1.29 is 5.21 Å². The Bertz CT molecular complexity index is 665. The van der Waals surface area contributed by atoms with Gasteiger partial charge in [-0.25, -0.2) is 9.97 Å². The molecular weight excluding hydrogens is 302 g/mol.